The third-order valence-corrected chi connectivity index (χ3v) is 7.27. The zero-order valence-corrected chi connectivity index (χ0v) is 24.0. The van der Waals surface area contributed by atoms with E-state index in [4.69, 9.17) is 4.74 Å². The lowest BCUT2D eigenvalue weighted by molar-refractivity contribution is -0.145. The molecular weight excluding hydrogens is 490 g/mol. The second-order valence-electron chi connectivity index (χ2n) is 10.8. The van der Waals surface area contributed by atoms with Crippen LogP contribution in [0.4, 0.5) is 4.79 Å². The van der Waals surface area contributed by atoms with Crippen molar-refractivity contribution >= 4 is 29.7 Å². The molecule has 1 aliphatic carbocycles. The molecule has 2 rings (SSSR count). The van der Waals surface area contributed by atoms with Crippen LogP contribution in [0.15, 0.2) is 24.3 Å². The Morgan fingerprint density at radius 3 is 2.38 bits per heavy atom. The van der Waals surface area contributed by atoms with Crippen LogP contribution in [0.1, 0.15) is 91.2 Å². The third kappa shape index (κ3) is 9.43. The fraction of sp³-hybridized carbons (Fsp3) is 0.679. The second-order valence-corrected chi connectivity index (χ2v) is 11.8. The van der Waals surface area contributed by atoms with Gasteiger partial charge in [-0.3, -0.25) is 9.59 Å². The van der Waals surface area contributed by atoms with Crippen LogP contribution >= 0.6 is 11.8 Å². The predicted molar refractivity (Wildman–Crippen MR) is 149 cm³/mol. The number of alkyl carbamates (subject to hydrolysis) is 1. The van der Waals surface area contributed by atoms with E-state index in [1.54, 1.807) is 50.7 Å². The number of phenols is 1. The van der Waals surface area contributed by atoms with Gasteiger partial charge in [0.2, 0.25) is 11.8 Å². The molecule has 0 aromatic heterocycles. The number of hydrogen-bond acceptors (Lipinski definition) is 6. The number of thioether (sulfide) groups is 1. The average molecular weight is 536 g/mol. The number of aromatic hydroxyl groups is 1. The third-order valence-electron chi connectivity index (χ3n) is 6.63. The highest BCUT2D eigenvalue weighted by Gasteiger charge is 2.40. The number of rotatable bonds is 11. The maximum absolute atomic E-state index is 14.2. The molecule has 9 heteroatoms. The van der Waals surface area contributed by atoms with E-state index in [2.05, 4.69) is 10.6 Å². The summed E-state index contributed by atoms with van der Waals surface area (Å²) < 4.78 is 5.43. The molecule has 0 saturated heterocycles. The molecule has 8 nitrogen and oxygen atoms in total. The lowest BCUT2D eigenvalue weighted by atomic mass is 9.94. The van der Waals surface area contributed by atoms with E-state index < -0.39 is 23.8 Å². The molecule has 1 aliphatic rings. The van der Waals surface area contributed by atoms with Crippen LogP contribution < -0.4 is 10.6 Å². The van der Waals surface area contributed by atoms with Crippen molar-refractivity contribution in [1.82, 2.24) is 15.5 Å². The highest BCUT2D eigenvalue weighted by Crippen LogP contribution is 2.33. The summed E-state index contributed by atoms with van der Waals surface area (Å²) in [6, 6.07) is 4.44. The summed E-state index contributed by atoms with van der Waals surface area (Å²) in [7, 11) is 0. The van der Waals surface area contributed by atoms with Gasteiger partial charge in [0, 0.05) is 17.6 Å². The molecule has 0 bridgehead atoms. The van der Waals surface area contributed by atoms with Crippen molar-refractivity contribution in [3.63, 3.8) is 0 Å². The van der Waals surface area contributed by atoms with Crippen molar-refractivity contribution in [3.8, 4) is 5.75 Å². The molecular formula is C28H45N3O5S. The number of benzene rings is 1. The van der Waals surface area contributed by atoms with E-state index in [-0.39, 0.29) is 29.6 Å². The maximum Gasteiger partial charge on any atom is 0.408 e. The predicted octanol–water partition coefficient (Wildman–Crippen LogP) is 5.16. The SMILES string of the molecule is CCC(C)N(C(=O)C(CCSC)NC(=O)OC(C)(C)C)C(C(=O)NC1CCCCC1)c1ccccc1O. The zero-order valence-electron chi connectivity index (χ0n) is 23.2. The van der Waals surface area contributed by atoms with Crippen LogP contribution in [0.3, 0.4) is 0 Å². The molecule has 3 N–H and O–H groups in total. The minimum atomic E-state index is -1.04. The smallest absolute Gasteiger partial charge is 0.408 e. The lowest BCUT2D eigenvalue weighted by Crippen LogP contribution is -2.56. The van der Waals surface area contributed by atoms with E-state index in [1.165, 1.54) is 11.0 Å². The van der Waals surface area contributed by atoms with Crippen molar-refractivity contribution in [2.75, 3.05) is 12.0 Å². The maximum atomic E-state index is 14.2. The summed E-state index contributed by atoms with van der Waals surface area (Å²) in [6.07, 6.45) is 7.28. The Morgan fingerprint density at radius 2 is 1.81 bits per heavy atom. The molecule has 1 aromatic rings. The van der Waals surface area contributed by atoms with Gasteiger partial charge >= 0.3 is 6.09 Å². The van der Waals surface area contributed by atoms with Gasteiger partial charge in [-0.15, -0.1) is 0 Å². The van der Waals surface area contributed by atoms with E-state index >= 15 is 0 Å². The van der Waals surface area contributed by atoms with Gasteiger partial charge in [-0.25, -0.2) is 4.79 Å². The van der Waals surface area contributed by atoms with E-state index in [0.717, 1.165) is 32.1 Å². The monoisotopic (exact) mass is 535 g/mol. The molecule has 3 unspecified atom stereocenters. The summed E-state index contributed by atoms with van der Waals surface area (Å²) in [5.41, 5.74) is -0.350. The minimum Gasteiger partial charge on any atom is -0.508 e. The summed E-state index contributed by atoms with van der Waals surface area (Å²) in [5.74, 6) is -0.104. The summed E-state index contributed by atoms with van der Waals surface area (Å²) in [4.78, 5) is 42.2. The number of ether oxygens (including phenoxy) is 1. The van der Waals surface area contributed by atoms with Gasteiger partial charge in [-0.1, -0.05) is 44.4 Å². The first kappa shape index (κ1) is 30.8. The molecule has 3 amide bonds. The van der Waals surface area contributed by atoms with Crippen LogP contribution in [0.5, 0.6) is 5.75 Å². The van der Waals surface area contributed by atoms with Crippen molar-refractivity contribution in [1.29, 1.82) is 0 Å². The number of amides is 3. The highest BCUT2D eigenvalue weighted by molar-refractivity contribution is 7.98. The molecule has 3 atom stereocenters. The van der Waals surface area contributed by atoms with Crippen LogP contribution in [0.2, 0.25) is 0 Å². The van der Waals surface area contributed by atoms with Gasteiger partial charge < -0.3 is 25.4 Å². The largest absolute Gasteiger partial charge is 0.508 e. The van der Waals surface area contributed by atoms with Crippen molar-refractivity contribution in [2.45, 2.75) is 109 Å². The van der Waals surface area contributed by atoms with Crippen molar-refractivity contribution in [3.05, 3.63) is 29.8 Å². The molecule has 1 fully saturated rings. The topological polar surface area (TPSA) is 108 Å². The van der Waals surface area contributed by atoms with Gasteiger partial charge in [0.15, 0.2) is 0 Å². The normalized spacial score (nSPS) is 16.8. The lowest BCUT2D eigenvalue weighted by Gasteiger charge is -2.39. The molecule has 0 heterocycles. The minimum absolute atomic E-state index is 0.0377. The van der Waals surface area contributed by atoms with Crippen LogP contribution in [0, 0.1) is 0 Å². The number of carbonyl (C=O) groups excluding carboxylic acids is 3. The number of nitrogens with zero attached hydrogens (tertiary/aromatic N) is 1. The number of hydrogen-bond donors (Lipinski definition) is 3. The van der Waals surface area contributed by atoms with E-state index in [0.29, 0.717) is 24.2 Å². The van der Waals surface area contributed by atoms with Gasteiger partial charge in [-0.05, 0) is 71.5 Å². The Kier molecular flexibility index (Phi) is 12.1. The Morgan fingerprint density at radius 1 is 1.16 bits per heavy atom. The zero-order chi connectivity index (χ0) is 27.6. The fourth-order valence-electron chi connectivity index (χ4n) is 4.58. The van der Waals surface area contributed by atoms with Crippen LogP contribution in [0.25, 0.3) is 0 Å². The Bertz CT molecular complexity index is 898. The molecule has 0 radical (unpaired) electrons. The van der Waals surface area contributed by atoms with Crippen LogP contribution in [-0.4, -0.2) is 63.6 Å². The van der Waals surface area contributed by atoms with Gasteiger partial charge in [0.25, 0.3) is 0 Å². The number of nitrogens with one attached hydrogen (secondary N) is 2. The molecule has 0 spiro atoms. The summed E-state index contributed by atoms with van der Waals surface area (Å²) in [5, 5.41) is 16.7. The Hall–Kier alpha value is -2.42. The molecule has 1 saturated carbocycles. The first-order valence-electron chi connectivity index (χ1n) is 13.4. The molecule has 208 valence electrons. The summed E-state index contributed by atoms with van der Waals surface area (Å²) >= 11 is 1.57. The molecule has 0 aliphatic heterocycles. The highest BCUT2D eigenvalue weighted by atomic mass is 32.2. The van der Waals surface area contributed by atoms with Crippen molar-refractivity contribution in [2.24, 2.45) is 0 Å². The van der Waals surface area contributed by atoms with Gasteiger partial charge in [-0.2, -0.15) is 11.8 Å². The first-order chi connectivity index (χ1) is 17.5. The molecule has 1 aromatic carbocycles. The van der Waals surface area contributed by atoms with E-state index in [9.17, 15) is 19.5 Å². The van der Waals surface area contributed by atoms with Gasteiger partial charge in [0.05, 0.1) is 0 Å². The van der Waals surface area contributed by atoms with Gasteiger partial charge in [0.1, 0.15) is 23.4 Å². The Balaban J connectivity index is 2.48. The average Bonchev–Trinajstić information content (AvgIpc) is 2.84. The number of para-hydroxylation sites is 1. The first-order valence-corrected chi connectivity index (χ1v) is 14.8. The van der Waals surface area contributed by atoms with Crippen molar-refractivity contribution < 1.29 is 24.2 Å². The number of phenolic OH excluding ortho intramolecular Hbond substituents is 1. The molecule has 37 heavy (non-hydrogen) atoms. The standard InChI is InChI=1S/C28H45N3O5S/c1-7-19(2)31(26(34)22(17-18-37-6)30-27(35)36-28(3,4)5)24(21-15-11-12-16-23(21)32)25(33)29-20-13-9-8-10-14-20/h11-12,15-16,19-20,22,24,32H,7-10,13-14,17-18H2,1-6H3,(H,29,33)(H,30,35). The Labute approximate surface area is 226 Å². The van der Waals surface area contributed by atoms with Crippen LogP contribution in [-0.2, 0) is 14.3 Å². The summed E-state index contributed by atoms with van der Waals surface area (Å²) in [6.45, 7) is 9.13. The van der Waals surface area contributed by atoms with E-state index in [1.807, 2.05) is 20.1 Å². The number of carbonyl (C=O) groups is 3. The second kappa shape index (κ2) is 14.5. The fourth-order valence-corrected chi connectivity index (χ4v) is 5.05. The quantitative estimate of drug-likeness (QED) is 0.361.